The van der Waals surface area contributed by atoms with Gasteiger partial charge in [-0.2, -0.15) is 0 Å². The maximum atomic E-state index is 6.64. The van der Waals surface area contributed by atoms with Crippen molar-refractivity contribution >= 4 is 0 Å². The summed E-state index contributed by atoms with van der Waals surface area (Å²) in [5.41, 5.74) is 0. The van der Waals surface area contributed by atoms with Crippen LogP contribution < -0.4 is 0 Å². The van der Waals surface area contributed by atoms with E-state index in [1.54, 1.807) is 0 Å². The van der Waals surface area contributed by atoms with Gasteiger partial charge in [0, 0.05) is 0 Å². The van der Waals surface area contributed by atoms with Gasteiger partial charge in [-0.3, -0.25) is 0 Å². The largest absolute Gasteiger partial charge is 0.376 e. The fraction of sp³-hybridized carbons (Fsp3) is 0.969. The molecule has 0 aromatic carbocycles. The lowest BCUT2D eigenvalue weighted by molar-refractivity contribution is -0.370. The van der Waals surface area contributed by atoms with Crippen molar-refractivity contribution in [3.8, 4) is 0 Å². The molecule has 0 saturated carbocycles. The Kier molecular flexibility index (Phi) is 22.6. The Labute approximate surface area is 557 Å². The van der Waals surface area contributed by atoms with E-state index in [1.165, 1.54) is 6.08 Å². The summed E-state index contributed by atoms with van der Waals surface area (Å²) in [6.45, 7) is 36.2. The summed E-state index contributed by atoms with van der Waals surface area (Å²) >= 11 is 0. The minimum atomic E-state index is -1.03. The van der Waals surface area contributed by atoms with Gasteiger partial charge in [0.05, 0.1) is 106 Å². The first-order chi connectivity index (χ1) is 44.8. The van der Waals surface area contributed by atoms with Gasteiger partial charge in [-0.15, -0.1) is 0 Å². The maximum absolute atomic E-state index is 6.64. The summed E-state index contributed by atoms with van der Waals surface area (Å²) in [7, 11) is 0. The summed E-state index contributed by atoms with van der Waals surface area (Å²) in [5.74, 6) is -6.87. The topological polar surface area (TPSA) is 277 Å². The summed E-state index contributed by atoms with van der Waals surface area (Å²) in [5, 5.41) is 0. The van der Waals surface area contributed by atoms with E-state index in [9.17, 15) is 0 Å². The van der Waals surface area contributed by atoms with E-state index in [1.807, 2.05) is 111 Å². The molecule has 0 radical (unpaired) electrons. The smallest absolute Gasteiger partial charge is 0.187 e. The van der Waals surface area contributed by atoms with Gasteiger partial charge in [0.15, 0.2) is 77.7 Å². The quantitative estimate of drug-likeness (QED) is 0.0581. The van der Waals surface area contributed by atoms with Gasteiger partial charge in [0.25, 0.3) is 0 Å². The Morgan fingerprint density at radius 2 is 0.505 bits per heavy atom. The summed E-state index contributed by atoms with van der Waals surface area (Å²) in [4.78, 5) is 0. The molecule has 30 nitrogen and oxygen atoms in total. The van der Waals surface area contributed by atoms with E-state index in [4.69, 9.17) is 142 Å². The van der Waals surface area contributed by atoms with Gasteiger partial charge < -0.3 is 142 Å². The van der Waals surface area contributed by atoms with Crippen LogP contribution in [-0.4, -0.2) is 293 Å². The lowest BCUT2D eigenvalue weighted by atomic mass is 9.97. The molecule has 0 aromatic heterocycles. The van der Waals surface area contributed by atoms with Crippen molar-refractivity contribution in [1.29, 1.82) is 0 Å². The van der Waals surface area contributed by atoms with E-state index in [2.05, 4.69) is 6.58 Å². The number of fused-ring (bicyclic) bond motifs is 12. The van der Waals surface area contributed by atoms with Gasteiger partial charge in [-0.1, -0.05) is 6.58 Å². The van der Waals surface area contributed by atoms with Crippen LogP contribution in [0.2, 0.25) is 0 Å². The van der Waals surface area contributed by atoms with Gasteiger partial charge in [-0.25, -0.2) is 0 Å². The molecule has 20 atom stereocenters. The predicted molar refractivity (Wildman–Crippen MR) is 320 cm³/mol. The van der Waals surface area contributed by atoms with Crippen LogP contribution in [0.5, 0.6) is 0 Å². The first kappa shape index (κ1) is 73.3. The molecule has 12 heterocycles. The van der Waals surface area contributed by atoms with Crippen molar-refractivity contribution in [1.82, 2.24) is 0 Å². The van der Waals surface area contributed by atoms with E-state index in [-0.39, 0.29) is 79.3 Å². The van der Waals surface area contributed by atoms with Crippen LogP contribution in [0.3, 0.4) is 0 Å². The van der Waals surface area contributed by atoms with E-state index in [0.29, 0.717) is 26.4 Å². The van der Waals surface area contributed by atoms with Crippen LogP contribution >= 0.6 is 0 Å². The summed E-state index contributed by atoms with van der Waals surface area (Å²) < 4.78 is 189. The van der Waals surface area contributed by atoms with Crippen LogP contribution in [0.25, 0.3) is 0 Å². The van der Waals surface area contributed by atoms with Crippen molar-refractivity contribution < 1.29 is 142 Å². The number of hydrogen-bond donors (Lipinski definition) is 0. The van der Waals surface area contributed by atoms with E-state index >= 15 is 0 Å². The van der Waals surface area contributed by atoms with Crippen LogP contribution in [0.15, 0.2) is 12.7 Å². The number of ether oxygens (including phenoxy) is 30. The SMILES string of the molecule is C=CC(OC(COCCO[C@H]1O[C@@H]2COC(C)(C)O[C@H]2[C@@H]2OC(C)(C)O[C@H]12)COCCO[C@H]1O[C@@H]2COC(C)(C)O[C@H]2[C@@H]2OC(C)(C)O[C@H]12)OC(COCCO[C@H]1O[C@@H]2COC(C)(C)O[C@H]2[C@@H]2OC(C)(C)O[C@H]12)COCCO[C@H]1O[C@@H]2COC(C)(C)O[C@H]2[C@@H]2OC(C)(C)O[C@H]12. The molecule has 0 aromatic rings. The Balaban J connectivity index is 0.681. The molecule has 12 aliphatic rings. The lowest BCUT2D eigenvalue weighted by Gasteiger charge is -2.48. The van der Waals surface area contributed by atoms with Gasteiger partial charge in [0.1, 0.15) is 110 Å². The van der Waals surface area contributed by atoms with Crippen molar-refractivity contribution in [3.05, 3.63) is 12.7 Å². The Morgan fingerprint density at radius 3 is 0.726 bits per heavy atom. The van der Waals surface area contributed by atoms with Crippen molar-refractivity contribution in [2.45, 2.75) is 298 Å². The van der Waals surface area contributed by atoms with Gasteiger partial charge in [-0.05, 0) is 117 Å². The van der Waals surface area contributed by atoms with Crippen LogP contribution in [0.4, 0.5) is 0 Å². The molecule has 0 aliphatic carbocycles. The second-order valence-corrected chi connectivity index (χ2v) is 29.5. The molecule has 12 saturated heterocycles. The summed E-state index contributed by atoms with van der Waals surface area (Å²) in [6, 6.07) is 0. The maximum Gasteiger partial charge on any atom is 0.187 e. The Morgan fingerprint density at radius 1 is 0.295 bits per heavy atom. The first-order valence-corrected chi connectivity index (χ1v) is 33.8. The highest BCUT2D eigenvalue weighted by atomic mass is 16.9. The van der Waals surface area contributed by atoms with E-state index in [0.717, 1.165) is 0 Å². The van der Waals surface area contributed by atoms with Crippen LogP contribution in [-0.2, 0) is 142 Å². The average Bonchev–Trinajstić information content (AvgIpc) is 1.68. The van der Waals surface area contributed by atoms with Crippen molar-refractivity contribution in [3.63, 3.8) is 0 Å². The second-order valence-electron chi connectivity index (χ2n) is 29.5. The Bertz CT molecular complexity index is 2180. The van der Waals surface area contributed by atoms with Gasteiger partial charge in [0.2, 0.25) is 0 Å². The number of hydrogen-bond acceptors (Lipinski definition) is 30. The van der Waals surface area contributed by atoms with Crippen LogP contribution in [0, 0.1) is 0 Å². The highest BCUT2D eigenvalue weighted by molar-refractivity contribution is 5.03. The molecule has 546 valence electrons. The fourth-order valence-corrected chi connectivity index (χ4v) is 14.0. The van der Waals surface area contributed by atoms with E-state index < -0.39 is 188 Å². The monoisotopic (exact) mass is 1370 g/mol. The highest BCUT2D eigenvalue weighted by Gasteiger charge is 2.63. The first-order valence-electron chi connectivity index (χ1n) is 33.8. The molecular weight excluding hydrogens is 1260 g/mol. The third kappa shape index (κ3) is 18.1. The van der Waals surface area contributed by atoms with Crippen molar-refractivity contribution in [2.24, 2.45) is 0 Å². The zero-order valence-electron chi connectivity index (χ0n) is 58.1. The molecule has 12 fully saturated rings. The molecule has 12 rings (SSSR count). The molecule has 0 spiro atoms. The second kappa shape index (κ2) is 29.4. The predicted octanol–water partition coefficient (Wildman–Crippen LogP) is 3.99. The normalized spacial score (nSPS) is 41.7. The highest BCUT2D eigenvalue weighted by Crippen LogP contribution is 2.47. The van der Waals surface area contributed by atoms with Crippen LogP contribution in [0.1, 0.15) is 111 Å². The molecule has 0 bridgehead atoms. The molecule has 12 aliphatic heterocycles. The lowest BCUT2D eigenvalue weighted by Crippen LogP contribution is -2.64. The zero-order chi connectivity index (χ0) is 67.5. The standard InChI is InChI=1S/C65H106O30/c1-18-41(78-35(27-66-19-23-70-54-50-46(88-62(10,11)92-50)42-37(80-54)31-74-58(2,3)84-42)28-67-20-24-71-55-51-47(89-63(12,13)93-51)43-38(81-55)32-75-59(4,5)85-43)79-36(29-68-21-25-72-56-52-48(90-64(14,15)94-52)44-39(82-56)33-76-60(6,7)86-44)30-69-22-26-73-57-53-49(91-65(16,17)95-53)45-40(83-57)34-77-61(8,9)87-45/h18,35-57H,1,19-34H2,2-17H3/t37-,38-,39-,40-,42-,43-,44-,45-,46+,47+,48+,49+,50+,51+,52+,53+,54+,55+,56+,57+/m1/s1. The molecule has 30 heteroatoms. The minimum Gasteiger partial charge on any atom is -0.376 e. The molecule has 95 heavy (non-hydrogen) atoms. The Hall–Kier alpha value is -1.46. The van der Waals surface area contributed by atoms with Gasteiger partial charge >= 0.3 is 0 Å². The fourth-order valence-electron chi connectivity index (χ4n) is 14.0. The molecule has 0 unspecified atom stereocenters. The molecular formula is C65H106O30. The molecule has 0 N–H and O–H groups in total. The number of rotatable bonds is 29. The van der Waals surface area contributed by atoms with Crippen molar-refractivity contribution in [2.75, 3.05) is 106 Å². The third-order valence-corrected chi connectivity index (χ3v) is 17.9. The summed E-state index contributed by atoms with van der Waals surface area (Å²) in [6.07, 6.45) is -11.7. The zero-order valence-corrected chi connectivity index (χ0v) is 58.1. The molecule has 0 amide bonds. The minimum absolute atomic E-state index is 0.0361. The third-order valence-electron chi connectivity index (χ3n) is 17.9. The average molecular weight is 1370 g/mol.